The zero-order valence-electron chi connectivity index (χ0n) is 16.6. The van der Waals surface area contributed by atoms with Gasteiger partial charge in [0.15, 0.2) is 23.6 Å². The van der Waals surface area contributed by atoms with Gasteiger partial charge in [-0.25, -0.2) is 0 Å². The Balaban J connectivity index is 2.17. The second-order valence-corrected chi connectivity index (χ2v) is 6.64. The SMILES string of the molecule is COc1ccc2c3c(n(CC(OC)OC)c(=O)c2c1OC)-c1ccccc1C3=O. The molecule has 4 rings (SSSR count). The summed E-state index contributed by atoms with van der Waals surface area (Å²) < 4.78 is 23.0. The fourth-order valence-corrected chi connectivity index (χ4v) is 3.95. The van der Waals surface area contributed by atoms with Crippen LogP contribution in [0.2, 0.25) is 0 Å². The van der Waals surface area contributed by atoms with Crippen LogP contribution in [0.5, 0.6) is 11.5 Å². The van der Waals surface area contributed by atoms with Crippen LogP contribution in [-0.4, -0.2) is 45.1 Å². The number of hydrogen-bond donors (Lipinski definition) is 0. The number of rotatable bonds is 6. The first-order chi connectivity index (χ1) is 14.1. The van der Waals surface area contributed by atoms with E-state index in [0.29, 0.717) is 39.3 Å². The van der Waals surface area contributed by atoms with Gasteiger partial charge in [0.05, 0.1) is 37.4 Å². The maximum atomic E-state index is 13.6. The molecule has 1 heterocycles. The van der Waals surface area contributed by atoms with Crippen LogP contribution in [0.3, 0.4) is 0 Å². The summed E-state index contributed by atoms with van der Waals surface area (Å²) in [7, 11) is 5.98. The third-order valence-corrected chi connectivity index (χ3v) is 5.29. The van der Waals surface area contributed by atoms with E-state index in [2.05, 4.69) is 0 Å². The molecule has 0 atom stereocenters. The van der Waals surface area contributed by atoms with Crippen molar-refractivity contribution < 1.29 is 23.7 Å². The highest BCUT2D eigenvalue weighted by atomic mass is 16.7. The van der Waals surface area contributed by atoms with Crippen molar-refractivity contribution in [3.8, 4) is 22.8 Å². The van der Waals surface area contributed by atoms with Gasteiger partial charge >= 0.3 is 0 Å². The second-order valence-electron chi connectivity index (χ2n) is 6.64. The molecule has 0 amide bonds. The van der Waals surface area contributed by atoms with Crippen molar-refractivity contribution in [1.82, 2.24) is 4.57 Å². The molecular formula is C22H21NO6. The molecule has 0 saturated heterocycles. The molecule has 1 aliphatic rings. The molecule has 0 spiro atoms. The molecule has 29 heavy (non-hydrogen) atoms. The predicted octanol–water partition coefficient (Wildman–Crippen LogP) is 2.85. The molecule has 2 aromatic carbocycles. The van der Waals surface area contributed by atoms with Crippen molar-refractivity contribution in [2.45, 2.75) is 12.8 Å². The Hall–Kier alpha value is -3.16. The zero-order valence-corrected chi connectivity index (χ0v) is 16.6. The Kier molecular flexibility index (Phi) is 4.86. The van der Waals surface area contributed by atoms with Crippen LogP contribution in [0.15, 0.2) is 41.2 Å². The van der Waals surface area contributed by atoms with Gasteiger partial charge < -0.3 is 23.5 Å². The van der Waals surface area contributed by atoms with Crippen LogP contribution in [0.1, 0.15) is 15.9 Å². The molecule has 7 heteroatoms. The maximum Gasteiger partial charge on any atom is 0.263 e. The topological polar surface area (TPSA) is 76.0 Å². The average Bonchev–Trinajstić information content (AvgIpc) is 3.05. The molecular weight excluding hydrogens is 374 g/mol. The highest BCUT2D eigenvalue weighted by Crippen LogP contribution is 2.43. The number of ketones is 1. The van der Waals surface area contributed by atoms with E-state index in [9.17, 15) is 9.59 Å². The summed E-state index contributed by atoms with van der Waals surface area (Å²) in [6, 6.07) is 10.7. The second kappa shape index (κ2) is 7.35. The van der Waals surface area contributed by atoms with Crippen molar-refractivity contribution in [3.05, 3.63) is 57.9 Å². The van der Waals surface area contributed by atoms with E-state index in [0.717, 1.165) is 0 Å². The third-order valence-electron chi connectivity index (χ3n) is 5.29. The zero-order chi connectivity index (χ0) is 20.7. The Morgan fingerprint density at radius 3 is 2.21 bits per heavy atom. The summed E-state index contributed by atoms with van der Waals surface area (Å²) in [4.78, 5) is 26.9. The molecule has 0 fully saturated rings. The molecule has 150 valence electrons. The first-order valence-corrected chi connectivity index (χ1v) is 9.08. The number of methoxy groups -OCH3 is 4. The van der Waals surface area contributed by atoms with Crippen molar-refractivity contribution in [2.24, 2.45) is 0 Å². The minimum atomic E-state index is -0.659. The maximum absolute atomic E-state index is 13.6. The molecule has 0 saturated carbocycles. The molecule has 1 aliphatic carbocycles. The van der Waals surface area contributed by atoms with Gasteiger partial charge in [-0.05, 0) is 12.1 Å². The van der Waals surface area contributed by atoms with Crippen LogP contribution >= 0.6 is 0 Å². The minimum Gasteiger partial charge on any atom is -0.493 e. The smallest absolute Gasteiger partial charge is 0.263 e. The lowest BCUT2D eigenvalue weighted by molar-refractivity contribution is -0.111. The molecule has 1 aromatic heterocycles. The highest BCUT2D eigenvalue weighted by molar-refractivity contribution is 6.27. The first kappa shape index (κ1) is 19.2. The lowest BCUT2D eigenvalue weighted by atomic mass is 10.0. The van der Waals surface area contributed by atoms with Crippen molar-refractivity contribution in [2.75, 3.05) is 28.4 Å². The van der Waals surface area contributed by atoms with Gasteiger partial charge in [0.2, 0.25) is 0 Å². The lowest BCUT2D eigenvalue weighted by Crippen LogP contribution is -2.31. The lowest BCUT2D eigenvalue weighted by Gasteiger charge is -2.20. The highest BCUT2D eigenvalue weighted by Gasteiger charge is 2.34. The molecule has 3 aromatic rings. The number of benzene rings is 2. The Morgan fingerprint density at radius 2 is 1.59 bits per heavy atom. The molecule has 0 unspecified atom stereocenters. The first-order valence-electron chi connectivity index (χ1n) is 9.08. The molecule has 0 radical (unpaired) electrons. The van der Waals surface area contributed by atoms with E-state index >= 15 is 0 Å². The van der Waals surface area contributed by atoms with E-state index in [1.54, 1.807) is 18.2 Å². The molecule has 7 nitrogen and oxygen atoms in total. The van der Waals surface area contributed by atoms with Crippen LogP contribution in [-0.2, 0) is 16.0 Å². The van der Waals surface area contributed by atoms with Gasteiger partial charge in [0, 0.05) is 30.7 Å². The van der Waals surface area contributed by atoms with Crippen LogP contribution in [0, 0.1) is 0 Å². The number of carbonyl (C=O) groups excluding carboxylic acids is 1. The Morgan fingerprint density at radius 1 is 0.897 bits per heavy atom. The van der Waals surface area contributed by atoms with Crippen molar-refractivity contribution >= 4 is 16.6 Å². The summed E-state index contributed by atoms with van der Waals surface area (Å²) >= 11 is 0. The van der Waals surface area contributed by atoms with Gasteiger partial charge in [-0.3, -0.25) is 9.59 Å². The Labute approximate surface area is 167 Å². The van der Waals surface area contributed by atoms with Gasteiger partial charge in [-0.15, -0.1) is 0 Å². The number of aromatic nitrogens is 1. The standard InChI is InChI=1S/C22H21NO6/c1-26-15-10-9-14-17-19(12-7-5-6-8-13(12)20(17)24)23(11-16(27-2)28-3)22(25)18(14)21(15)29-4/h5-10,16H,11H2,1-4H3. The summed E-state index contributed by atoms with van der Waals surface area (Å²) in [5.74, 6) is 0.580. The van der Waals surface area contributed by atoms with Crippen LogP contribution < -0.4 is 15.0 Å². The largest absolute Gasteiger partial charge is 0.493 e. The number of pyridine rings is 1. The van der Waals surface area contributed by atoms with Gasteiger partial charge in [-0.2, -0.15) is 0 Å². The molecule has 0 bridgehead atoms. The summed E-state index contributed by atoms with van der Waals surface area (Å²) in [6.45, 7) is 0.117. The molecule has 0 aliphatic heterocycles. The van der Waals surface area contributed by atoms with E-state index < -0.39 is 6.29 Å². The van der Waals surface area contributed by atoms with E-state index in [1.165, 1.54) is 33.0 Å². The summed E-state index contributed by atoms with van der Waals surface area (Å²) in [6.07, 6.45) is -0.659. The van der Waals surface area contributed by atoms with Gasteiger partial charge in [0.25, 0.3) is 5.56 Å². The minimum absolute atomic E-state index is 0.117. The average molecular weight is 395 g/mol. The Bertz CT molecular complexity index is 1180. The van der Waals surface area contributed by atoms with E-state index in [4.69, 9.17) is 18.9 Å². The quantitative estimate of drug-likeness (QED) is 0.467. The summed E-state index contributed by atoms with van der Waals surface area (Å²) in [5.41, 5.74) is 2.00. The third kappa shape index (κ3) is 2.73. The normalized spacial score (nSPS) is 12.4. The van der Waals surface area contributed by atoms with Gasteiger partial charge in [-0.1, -0.05) is 24.3 Å². The van der Waals surface area contributed by atoms with Crippen molar-refractivity contribution in [3.63, 3.8) is 0 Å². The van der Waals surface area contributed by atoms with Crippen molar-refractivity contribution in [1.29, 1.82) is 0 Å². The summed E-state index contributed by atoms with van der Waals surface area (Å²) in [5, 5.41) is 0.823. The van der Waals surface area contributed by atoms with E-state index in [-0.39, 0.29) is 23.3 Å². The number of ether oxygens (including phenoxy) is 4. The molecule has 0 N–H and O–H groups in total. The predicted molar refractivity (Wildman–Crippen MR) is 108 cm³/mol. The monoisotopic (exact) mass is 395 g/mol. The number of hydrogen-bond acceptors (Lipinski definition) is 6. The fourth-order valence-electron chi connectivity index (χ4n) is 3.95. The van der Waals surface area contributed by atoms with Crippen LogP contribution in [0.25, 0.3) is 22.0 Å². The number of fused-ring (bicyclic) bond motifs is 5. The number of nitrogens with zero attached hydrogens (tertiary/aromatic N) is 1. The van der Waals surface area contributed by atoms with Crippen LogP contribution in [0.4, 0.5) is 0 Å². The van der Waals surface area contributed by atoms with E-state index in [1.807, 2.05) is 18.2 Å². The fraction of sp³-hybridized carbons (Fsp3) is 0.273. The number of carbonyl (C=O) groups is 1. The van der Waals surface area contributed by atoms with Gasteiger partial charge in [0.1, 0.15) is 0 Å².